The van der Waals surface area contributed by atoms with Gasteiger partial charge in [-0.1, -0.05) is 15.9 Å². The van der Waals surface area contributed by atoms with Gasteiger partial charge in [0.2, 0.25) is 0 Å². The Labute approximate surface area is 111 Å². The van der Waals surface area contributed by atoms with Gasteiger partial charge < -0.3 is 14.8 Å². The molecule has 0 bridgehead atoms. The fourth-order valence-electron chi connectivity index (χ4n) is 2.35. The predicted octanol–water partition coefficient (Wildman–Crippen LogP) is 2.93. The van der Waals surface area contributed by atoms with Crippen molar-refractivity contribution in [3.8, 4) is 11.5 Å². The highest BCUT2D eigenvalue weighted by Crippen LogP contribution is 2.39. The first-order valence-electron chi connectivity index (χ1n) is 5.88. The van der Waals surface area contributed by atoms with E-state index in [1.807, 2.05) is 12.1 Å². The summed E-state index contributed by atoms with van der Waals surface area (Å²) >= 11 is 3.63. The van der Waals surface area contributed by atoms with Crippen LogP contribution in [0.5, 0.6) is 11.5 Å². The van der Waals surface area contributed by atoms with Crippen LogP contribution in [0.15, 0.2) is 16.6 Å². The number of benzene rings is 1. The first-order valence-corrected chi connectivity index (χ1v) is 6.67. The lowest BCUT2D eigenvalue weighted by Gasteiger charge is -2.26. The minimum Gasteiger partial charge on any atom is -0.497 e. The second-order valence-electron chi connectivity index (χ2n) is 4.27. The van der Waals surface area contributed by atoms with Gasteiger partial charge >= 0.3 is 0 Å². The van der Waals surface area contributed by atoms with Gasteiger partial charge in [0.1, 0.15) is 11.5 Å². The zero-order valence-electron chi connectivity index (χ0n) is 10.3. The summed E-state index contributed by atoms with van der Waals surface area (Å²) in [7, 11) is 3.38. The Balaban J connectivity index is 2.36. The fraction of sp³-hybridized carbons (Fsp3) is 0.538. The largest absolute Gasteiger partial charge is 0.497 e. The number of halogens is 1. The summed E-state index contributed by atoms with van der Waals surface area (Å²) in [4.78, 5) is 0. The molecule has 1 unspecified atom stereocenters. The molecule has 0 spiro atoms. The number of methoxy groups -OCH3 is 2. The van der Waals surface area contributed by atoms with Gasteiger partial charge in [0.15, 0.2) is 0 Å². The Morgan fingerprint density at radius 1 is 1.29 bits per heavy atom. The smallest absolute Gasteiger partial charge is 0.127 e. The van der Waals surface area contributed by atoms with Gasteiger partial charge in [0.05, 0.1) is 14.2 Å². The second kappa shape index (κ2) is 5.74. The van der Waals surface area contributed by atoms with Crippen molar-refractivity contribution in [1.82, 2.24) is 5.32 Å². The van der Waals surface area contributed by atoms with E-state index < -0.39 is 0 Å². The van der Waals surface area contributed by atoms with E-state index in [0.29, 0.717) is 5.92 Å². The van der Waals surface area contributed by atoms with Crippen molar-refractivity contribution in [3.05, 3.63) is 22.2 Å². The number of rotatable bonds is 3. The van der Waals surface area contributed by atoms with Crippen molar-refractivity contribution < 1.29 is 9.47 Å². The molecule has 1 aromatic carbocycles. The highest BCUT2D eigenvalue weighted by atomic mass is 79.9. The predicted molar refractivity (Wildman–Crippen MR) is 72.1 cm³/mol. The molecule has 0 amide bonds. The summed E-state index contributed by atoms with van der Waals surface area (Å²) < 4.78 is 11.8. The zero-order valence-corrected chi connectivity index (χ0v) is 11.8. The van der Waals surface area contributed by atoms with Crippen LogP contribution in [0, 0.1) is 0 Å². The van der Waals surface area contributed by atoms with E-state index in [2.05, 4.69) is 21.2 Å². The molecule has 3 nitrogen and oxygen atoms in total. The standard InChI is InChI=1S/C13H18BrNO2/c1-16-10-6-11(14)13(12(7-10)17-2)9-4-3-5-15-8-9/h6-7,9,15H,3-5,8H2,1-2H3. The molecule has 0 radical (unpaired) electrons. The Morgan fingerprint density at radius 2 is 2.12 bits per heavy atom. The number of hydrogen-bond donors (Lipinski definition) is 1. The third-order valence-electron chi connectivity index (χ3n) is 3.23. The van der Waals surface area contributed by atoms with E-state index in [1.54, 1.807) is 14.2 Å². The molecule has 1 fully saturated rings. The molecule has 1 N–H and O–H groups in total. The van der Waals surface area contributed by atoms with Crippen LogP contribution in [0.3, 0.4) is 0 Å². The van der Waals surface area contributed by atoms with Crippen LogP contribution >= 0.6 is 15.9 Å². The third-order valence-corrected chi connectivity index (χ3v) is 3.88. The van der Waals surface area contributed by atoms with Crippen LogP contribution in [0.2, 0.25) is 0 Å². The lowest BCUT2D eigenvalue weighted by Crippen LogP contribution is -2.28. The molecule has 94 valence electrons. The zero-order chi connectivity index (χ0) is 12.3. The van der Waals surface area contributed by atoms with Gasteiger partial charge in [-0.25, -0.2) is 0 Å². The van der Waals surface area contributed by atoms with Crippen LogP contribution in [-0.2, 0) is 0 Å². The minimum atomic E-state index is 0.513. The van der Waals surface area contributed by atoms with Gasteiger partial charge in [0, 0.05) is 28.6 Å². The maximum Gasteiger partial charge on any atom is 0.127 e. The van der Waals surface area contributed by atoms with Crippen molar-refractivity contribution in [2.75, 3.05) is 27.3 Å². The molecule has 4 heteroatoms. The van der Waals surface area contributed by atoms with Crippen molar-refractivity contribution in [3.63, 3.8) is 0 Å². The normalized spacial score (nSPS) is 20.1. The van der Waals surface area contributed by atoms with Crippen LogP contribution in [-0.4, -0.2) is 27.3 Å². The topological polar surface area (TPSA) is 30.5 Å². The molecule has 1 aromatic rings. The Kier molecular flexibility index (Phi) is 4.29. The molecule has 1 aliphatic rings. The lowest BCUT2D eigenvalue weighted by molar-refractivity contribution is 0.379. The van der Waals surface area contributed by atoms with Crippen LogP contribution in [0.1, 0.15) is 24.3 Å². The summed E-state index contributed by atoms with van der Waals surface area (Å²) in [5.74, 6) is 2.24. The van der Waals surface area contributed by atoms with Crippen molar-refractivity contribution >= 4 is 15.9 Å². The quantitative estimate of drug-likeness (QED) is 0.931. The van der Waals surface area contributed by atoms with Gasteiger partial charge in [-0.05, 0) is 25.5 Å². The molecular formula is C13H18BrNO2. The van der Waals surface area contributed by atoms with Crippen molar-refractivity contribution in [2.24, 2.45) is 0 Å². The van der Waals surface area contributed by atoms with Gasteiger partial charge in [0.25, 0.3) is 0 Å². The maximum absolute atomic E-state index is 5.48. The number of ether oxygens (including phenoxy) is 2. The minimum absolute atomic E-state index is 0.513. The fourth-order valence-corrected chi connectivity index (χ4v) is 3.09. The van der Waals surface area contributed by atoms with Gasteiger partial charge in [-0.2, -0.15) is 0 Å². The van der Waals surface area contributed by atoms with E-state index in [1.165, 1.54) is 18.4 Å². The van der Waals surface area contributed by atoms with Gasteiger partial charge in [-0.15, -0.1) is 0 Å². The first kappa shape index (κ1) is 12.7. The number of nitrogens with one attached hydrogen (secondary N) is 1. The van der Waals surface area contributed by atoms with E-state index >= 15 is 0 Å². The Morgan fingerprint density at radius 3 is 2.71 bits per heavy atom. The summed E-state index contributed by atoms with van der Waals surface area (Å²) in [6, 6.07) is 3.96. The van der Waals surface area contributed by atoms with E-state index in [-0.39, 0.29) is 0 Å². The average Bonchev–Trinajstić information content (AvgIpc) is 2.38. The first-order chi connectivity index (χ1) is 8.26. The van der Waals surface area contributed by atoms with Crippen LogP contribution < -0.4 is 14.8 Å². The molecule has 1 heterocycles. The van der Waals surface area contributed by atoms with E-state index in [9.17, 15) is 0 Å². The summed E-state index contributed by atoms with van der Waals surface area (Å²) in [6.07, 6.45) is 2.42. The Hall–Kier alpha value is -0.740. The highest BCUT2D eigenvalue weighted by molar-refractivity contribution is 9.10. The molecule has 1 aliphatic heterocycles. The van der Waals surface area contributed by atoms with Crippen molar-refractivity contribution in [2.45, 2.75) is 18.8 Å². The maximum atomic E-state index is 5.48. The number of piperidine rings is 1. The van der Waals surface area contributed by atoms with Crippen LogP contribution in [0.25, 0.3) is 0 Å². The third kappa shape index (κ3) is 2.75. The summed E-state index contributed by atoms with van der Waals surface area (Å²) in [5.41, 5.74) is 1.25. The summed E-state index contributed by atoms with van der Waals surface area (Å²) in [6.45, 7) is 2.13. The molecule has 17 heavy (non-hydrogen) atoms. The average molecular weight is 300 g/mol. The summed E-state index contributed by atoms with van der Waals surface area (Å²) in [5, 5.41) is 3.43. The number of hydrogen-bond acceptors (Lipinski definition) is 3. The lowest BCUT2D eigenvalue weighted by atomic mass is 9.91. The molecule has 2 rings (SSSR count). The Bertz CT molecular complexity index is 389. The van der Waals surface area contributed by atoms with E-state index in [4.69, 9.17) is 9.47 Å². The van der Waals surface area contributed by atoms with Crippen LogP contribution in [0.4, 0.5) is 0 Å². The molecule has 1 saturated heterocycles. The van der Waals surface area contributed by atoms with Crippen molar-refractivity contribution in [1.29, 1.82) is 0 Å². The second-order valence-corrected chi connectivity index (χ2v) is 5.12. The molecular weight excluding hydrogens is 282 g/mol. The molecule has 0 aromatic heterocycles. The van der Waals surface area contributed by atoms with E-state index in [0.717, 1.165) is 29.1 Å². The molecule has 0 saturated carbocycles. The molecule has 1 atom stereocenters. The SMILES string of the molecule is COc1cc(Br)c(C2CCCNC2)c(OC)c1. The molecule has 0 aliphatic carbocycles. The monoisotopic (exact) mass is 299 g/mol. The highest BCUT2D eigenvalue weighted by Gasteiger charge is 2.22. The van der Waals surface area contributed by atoms with Gasteiger partial charge in [-0.3, -0.25) is 0 Å².